The van der Waals surface area contributed by atoms with Crippen molar-refractivity contribution in [1.82, 2.24) is 30.0 Å². The molecule has 0 saturated heterocycles. The Bertz CT molecular complexity index is 528. The summed E-state index contributed by atoms with van der Waals surface area (Å²) >= 11 is 0. The van der Waals surface area contributed by atoms with Crippen molar-refractivity contribution in [2.75, 3.05) is 0 Å². The summed E-state index contributed by atoms with van der Waals surface area (Å²) in [5, 5.41) is 8.62. The van der Waals surface area contributed by atoms with Crippen molar-refractivity contribution in [1.29, 1.82) is 0 Å². The largest absolute Gasteiger partial charge is 0.271 e. The van der Waals surface area contributed by atoms with Crippen molar-refractivity contribution in [2.24, 2.45) is 12.9 Å². The van der Waals surface area contributed by atoms with Crippen LogP contribution in [0.15, 0.2) is 12.4 Å². The number of rotatable bonds is 6. The molecular formula is C12H21N7. The van der Waals surface area contributed by atoms with E-state index in [0.29, 0.717) is 6.42 Å². The van der Waals surface area contributed by atoms with E-state index in [4.69, 9.17) is 5.84 Å². The first-order chi connectivity index (χ1) is 9.19. The average Bonchev–Trinajstić information content (AvgIpc) is 3.02. The van der Waals surface area contributed by atoms with E-state index in [2.05, 4.69) is 40.5 Å². The fraction of sp³-hybridized carbons (Fsp3) is 0.583. The fourth-order valence-electron chi connectivity index (χ4n) is 2.13. The predicted molar refractivity (Wildman–Crippen MR) is 72.1 cm³/mol. The number of hydrazine groups is 1. The molecular weight excluding hydrogens is 242 g/mol. The molecule has 1 atom stereocenters. The van der Waals surface area contributed by atoms with Crippen LogP contribution in [0.2, 0.25) is 0 Å². The highest BCUT2D eigenvalue weighted by molar-refractivity contribution is 5.16. The number of hydrogen-bond donors (Lipinski definition) is 2. The third-order valence-corrected chi connectivity index (χ3v) is 3.27. The Labute approximate surface area is 112 Å². The van der Waals surface area contributed by atoms with Crippen LogP contribution in [0.5, 0.6) is 0 Å². The molecule has 0 spiro atoms. The van der Waals surface area contributed by atoms with Gasteiger partial charge in [-0.1, -0.05) is 6.92 Å². The van der Waals surface area contributed by atoms with Gasteiger partial charge in [-0.15, -0.1) is 0 Å². The average molecular weight is 263 g/mol. The van der Waals surface area contributed by atoms with E-state index in [1.807, 2.05) is 11.7 Å². The van der Waals surface area contributed by atoms with Gasteiger partial charge in [-0.3, -0.25) is 20.6 Å². The standard InChI is InChI=1S/C12H21N7/c1-4-9-6-11(19(5-2)17-9)10(16-13)7-12-14-8-15-18(12)3/h6,8,10,16H,4-5,7,13H2,1-3H3. The lowest BCUT2D eigenvalue weighted by molar-refractivity contribution is 0.474. The van der Waals surface area contributed by atoms with Gasteiger partial charge >= 0.3 is 0 Å². The van der Waals surface area contributed by atoms with E-state index in [9.17, 15) is 0 Å². The van der Waals surface area contributed by atoms with Crippen molar-refractivity contribution < 1.29 is 0 Å². The summed E-state index contributed by atoms with van der Waals surface area (Å²) in [6, 6.07) is 2.08. The summed E-state index contributed by atoms with van der Waals surface area (Å²) in [5.41, 5.74) is 5.02. The molecule has 2 aromatic rings. The molecule has 104 valence electrons. The van der Waals surface area contributed by atoms with Gasteiger partial charge in [0.15, 0.2) is 0 Å². The molecule has 0 aliphatic heterocycles. The zero-order valence-electron chi connectivity index (χ0n) is 11.7. The van der Waals surface area contributed by atoms with Gasteiger partial charge in [-0.2, -0.15) is 10.2 Å². The molecule has 0 aliphatic carbocycles. The molecule has 0 radical (unpaired) electrons. The van der Waals surface area contributed by atoms with Crippen molar-refractivity contribution in [2.45, 2.75) is 39.3 Å². The summed E-state index contributed by atoms with van der Waals surface area (Å²) < 4.78 is 3.75. The quantitative estimate of drug-likeness (QED) is 0.580. The number of aromatic nitrogens is 5. The number of nitrogens with one attached hydrogen (secondary N) is 1. The van der Waals surface area contributed by atoms with Gasteiger partial charge in [0.1, 0.15) is 12.2 Å². The zero-order valence-corrected chi connectivity index (χ0v) is 11.7. The van der Waals surface area contributed by atoms with Gasteiger partial charge in [0.2, 0.25) is 0 Å². The Morgan fingerprint density at radius 2 is 2.21 bits per heavy atom. The van der Waals surface area contributed by atoms with Crippen LogP contribution in [0, 0.1) is 0 Å². The van der Waals surface area contributed by atoms with Gasteiger partial charge < -0.3 is 0 Å². The Morgan fingerprint density at radius 1 is 1.42 bits per heavy atom. The maximum Gasteiger partial charge on any atom is 0.138 e. The van der Waals surface area contributed by atoms with E-state index in [1.165, 1.54) is 0 Å². The molecule has 3 N–H and O–H groups in total. The lowest BCUT2D eigenvalue weighted by Gasteiger charge is -2.16. The van der Waals surface area contributed by atoms with Crippen molar-refractivity contribution in [3.8, 4) is 0 Å². The first-order valence-corrected chi connectivity index (χ1v) is 6.55. The first-order valence-electron chi connectivity index (χ1n) is 6.55. The molecule has 0 bridgehead atoms. The van der Waals surface area contributed by atoms with Gasteiger partial charge in [0.05, 0.1) is 17.4 Å². The number of nitrogens with two attached hydrogens (primary N) is 1. The van der Waals surface area contributed by atoms with Crippen LogP contribution in [0.1, 0.15) is 37.1 Å². The monoisotopic (exact) mass is 263 g/mol. The Hall–Kier alpha value is -1.73. The minimum atomic E-state index is -0.0179. The second-order valence-electron chi connectivity index (χ2n) is 4.45. The minimum absolute atomic E-state index is 0.0179. The van der Waals surface area contributed by atoms with Gasteiger partial charge in [0, 0.05) is 20.0 Å². The molecule has 0 aromatic carbocycles. The predicted octanol–water partition coefficient (Wildman–Crippen LogP) is 0.341. The molecule has 2 aromatic heterocycles. The van der Waals surface area contributed by atoms with Crippen LogP contribution < -0.4 is 11.3 Å². The Balaban J connectivity index is 2.26. The van der Waals surface area contributed by atoms with Crippen molar-refractivity contribution >= 4 is 0 Å². The van der Waals surface area contributed by atoms with Crippen LogP contribution >= 0.6 is 0 Å². The maximum atomic E-state index is 5.70. The van der Waals surface area contributed by atoms with Crippen LogP contribution in [-0.4, -0.2) is 24.5 Å². The molecule has 0 amide bonds. The molecule has 0 aliphatic rings. The molecule has 2 rings (SSSR count). The van der Waals surface area contributed by atoms with E-state index >= 15 is 0 Å². The minimum Gasteiger partial charge on any atom is -0.271 e. The van der Waals surface area contributed by atoms with Crippen LogP contribution in [0.3, 0.4) is 0 Å². The highest BCUT2D eigenvalue weighted by Gasteiger charge is 2.18. The van der Waals surface area contributed by atoms with Gasteiger partial charge in [0.25, 0.3) is 0 Å². The highest BCUT2D eigenvalue weighted by Crippen LogP contribution is 2.18. The second-order valence-corrected chi connectivity index (χ2v) is 4.45. The van der Waals surface area contributed by atoms with Crippen molar-refractivity contribution in [3.05, 3.63) is 29.6 Å². The zero-order chi connectivity index (χ0) is 13.8. The van der Waals surface area contributed by atoms with Crippen molar-refractivity contribution in [3.63, 3.8) is 0 Å². The summed E-state index contributed by atoms with van der Waals surface area (Å²) in [6.45, 7) is 5.00. The number of hydrogen-bond acceptors (Lipinski definition) is 5. The van der Waals surface area contributed by atoms with Crippen LogP contribution in [-0.2, 0) is 26.4 Å². The van der Waals surface area contributed by atoms with Gasteiger partial charge in [-0.25, -0.2) is 4.98 Å². The first kappa shape index (κ1) is 13.7. The number of nitrogens with zero attached hydrogens (tertiary/aromatic N) is 5. The topological polar surface area (TPSA) is 86.6 Å². The van der Waals surface area contributed by atoms with Crippen LogP contribution in [0.4, 0.5) is 0 Å². The normalized spacial score (nSPS) is 12.8. The summed E-state index contributed by atoms with van der Waals surface area (Å²) in [7, 11) is 1.88. The van der Waals surface area contributed by atoms with E-state index in [0.717, 1.165) is 30.2 Å². The Morgan fingerprint density at radius 3 is 2.74 bits per heavy atom. The summed E-state index contributed by atoms with van der Waals surface area (Å²) in [6.07, 6.45) is 3.15. The molecule has 2 heterocycles. The third-order valence-electron chi connectivity index (χ3n) is 3.27. The lowest BCUT2D eigenvalue weighted by atomic mass is 10.1. The fourth-order valence-corrected chi connectivity index (χ4v) is 2.13. The number of aryl methyl sites for hydroxylation is 3. The van der Waals surface area contributed by atoms with E-state index in [1.54, 1.807) is 11.0 Å². The lowest BCUT2D eigenvalue weighted by Crippen LogP contribution is -2.32. The summed E-state index contributed by atoms with van der Waals surface area (Å²) in [4.78, 5) is 4.24. The summed E-state index contributed by atoms with van der Waals surface area (Å²) in [5.74, 6) is 6.59. The molecule has 19 heavy (non-hydrogen) atoms. The highest BCUT2D eigenvalue weighted by atomic mass is 15.3. The SMILES string of the molecule is CCc1cc(C(Cc2ncnn2C)NN)n(CC)n1. The van der Waals surface area contributed by atoms with E-state index in [-0.39, 0.29) is 6.04 Å². The Kier molecular flexibility index (Phi) is 4.28. The van der Waals surface area contributed by atoms with Gasteiger partial charge in [-0.05, 0) is 19.4 Å². The second kappa shape index (κ2) is 5.94. The molecule has 7 nitrogen and oxygen atoms in total. The van der Waals surface area contributed by atoms with Crippen LogP contribution in [0.25, 0.3) is 0 Å². The van der Waals surface area contributed by atoms with E-state index < -0.39 is 0 Å². The molecule has 7 heteroatoms. The maximum absolute atomic E-state index is 5.70. The molecule has 0 fully saturated rings. The smallest absolute Gasteiger partial charge is 0.138 e. The molecule has 1 unspecified atom stereocenters. The third kappa shape index (κ3) is 2.82. The molecule has 0 saturated carbocycles.